The molecule has 1 unspecified atom stereocenters. The van der Waals surface area contributed by atoms with Crippen molar-refractivity contribution in [3.8, 4) is 0 Å². The Morgan fingerprint density at radius 1 is 1.33 bits per heavy atom. The van der Waals surface area contributed by atoms with Crippen LogP contribution in [-0.2, 0) is 4.79 Å². The van der Waals surface area contributed by atoms with Gasteiger partial charge in [0.15, 0.2) is 0 Å². The fraction of sp³-hybridized carbons (Fsp3) is 0.818. The van der Waals surface area contributed by atoms with Crippen molar-refractivity contribution in [2.24, 2.45) is 0 Å². The average molecular weight is 271 g/mol. The Labute approximate surface area is 112 Å². The molecule has 0 radical (unpaired) electrons. The molecular weight excluding hydrogens is 250 g/mol. The molecule has 7 heteroatoms. The van der Waals surface area contributed by atoms with Gasteiger partial charge in [-0.25, -0.2) is 4.68 Å². The monoisotopic (exact) mass is 271 g/mol. The minimum absolute atomic E-state index is 0.128. The summed E-state index contributed by atoms with van der Waals surface area (Å²) in [5.74, 6) is 0.128. The topological polar surface area (TPSA) is 63.9 Å². The van der Waals surface area contributed by atoms with Crippen molar-refractivity contribution >= 4 is 17.7 Å². The van der Waals surface area contributed by atoms with Crippen LogP contribution < -0.4 is 0 Å². The van der Waals surface area contributed by atoms with E-state index in [1.54, 1.807) is 4.68 Å². The quantitative estimate of drug-likeness (QED) is 0.735. The van der Waals surface area contributed by atoms with Crippen molar-refractivity contribution in [2.75, 3.05) is 13.1 Å². The van der Waals surface area contributed by atoms with E-state index in [0.717, 1.165) is 13.1 Å². The number of amides is 1. The van der Waals surface area contributed by atoms with Gasteiger partial charge < -0.3 is 4.90 Å². The van der Waals surface area contributed by atoms with E-state index < -0.39 is 0 Å². The van der Waals surface area contributed by atoms with Crippen molar-refractivity contribution < 1.29 is 4.79 Å². The Hall–Kier alpha value is -1.11. The van der Waals surface area contributed by atoms with E-state index in [1.165, 1.54) is 11.8 Å². The van der Waals surface area contributed by atoms with Gasteiger partial charge in [-0.15, -0.1) is 5.10 Å². The molecule has 0 aromatic carbocycles. The first-order valence-electron chi connectivity index (χ1n) is 6.24. The number of thioether (sulfide) groups is 1. The van der Waals surface area contributed by atoms with E-state index in [0.29, 0.717) is 5.16 Å². The summed E-state index contributed by atoms with van der Waals surface area (Å²) in [5, 5.41) is 12.1. The molecule has 6 nitrogen and oxygen atoms in total. The Morgan fingerprint density at radius 2 is 1.94 bits per heavy atom. The highest BCUT2D eigenvalue weighted by atomic mass is 32.2. The first-order chi connectivity index (χ1) is 8.51. The maximum Gasteiger partial charge on any atom is 0.235 e. The van der Waals surface area contributed by atoms with Crippen LogP contribution in [0.4, 0.5) is 0 Å². The SMILES string of the molecule is CCN(CC)C(=O)C(C)Sc1nnnn1C(C)C. The lowest BCUT2D eigenvalue weighted by Crippen LogP contribution is -2.36. The van der Waals surface area contributed by atoms with E-state index in [2.05, 4.69) is 15.5 Å². The molecular formula is C11H21N5OS. The van der Waals surface area contributed by atoms with Crippen LogP contribution in [0.25, 0.3) is 0 Å². The van der Waals surface area contributed by atoms with Gasteiger partial charge in [-0.05, 0) is 45.0 Å². The largest absolute Gasteiger partial charge is 0.342 e. The summed E-state index contributed by atoms with van der Waals surface area (Å²) >= 11 is 1.41. The van der Waals surface area contributed by atoms with Gasteiger partial charge >= 0.3 is 0 Å². The molecule has 0 fully saturated rings. The van der Waals surface area contributed by atoms with E-state index in [9.17, 15) is 4.79 Å². The van der Waals surface area contributed by atoms with Crippen molar-refractivity contribution in [3.05, 3.63) is 0 Å². The second-order valence-electron chi connectivity index (χ2n) is 4.27. The molecule has 0 bridgehead atoms. The highest BCUT2D eigenvalue weighted by Gasteiger charge is 2.22. The van der Waals surface area contributed by atoms with Crippen LogP contribution in [0, 0.1) is 0 Å². The predicted octanol–water partition coefficient (Wildman–Crippen LogP) is 1.60. The lowest BCUT2D eigenvalue weighted by molar-refractivity contribution is -0.129. The zero-order valence-corrected chi connectivity index (χ0v) is 12.4. The number of carbonyl (C=O) groups is 1. The van der Waals surface area contributed by atoms with Crippen molar-refractivity contribution in [2.45, 2.75) is 51.1 Å². The van der Waals surface area contributed by atoms with Crippen LogP contribution >= 0.6 is 11.8 Å². The van der Waals surface area contributed by atoms with E-state index in [1.807, 2.05) is 39.5 Å². The van der Waals surface area contributed by atoms with Gasteiger partial charge in [0.2, 0.25) is 11.1 Å². The molecule has 0 saturated heterocycles. The Kier molecular flexibility index (Phi) is 5.58. The standard InChI is InChI=1S/C11H21N5OS/c1-6-15(7-2)10(17)9(5)18-11-12-13-14-16(11)8(3)4/h8-9H,6-7H2,1-5H3. The third-order valence-electron chi connectivity index (χ3n) is 2.66. The maximum absolute atomic E-state index is 12.1. The summed E-state index contributed by atoms with van der Waals surface area (Å²) in [4.78, 5) is 14.0. The average Bonchev–Trinajstić information content (AvgIpc) is 2.78. The Morgan fingerprint density at radius 3 is 2.44 bits per heavy atom. The fourth-order valence-corrected chi connectivity index (χ4v) is 2.59. The second kappa shape index (κ2) is 6.72. The van der Waals surface area contributed by atoms with Crippen LogP contribution in [0.1, 0.15) is 40.7 Å². The Bertz CT molecular complexity index is 389. The summed E-state index contributed by atoms with van der Waals surface area (Å²) in [6, 6.07) is 0.193. The van der Waals surface area contributed by atoms with Gasteiger partial charge in [0.25, 0.3) is 0 Å². The normalized spacial score (nSPS) is 12.8. The first-order valence-corrected chi connectivity index (χ1v) is 7.12. The van der Waals surface area contributed by atoms with Crippen LogP contribution in [0.5, 0.6) is 0 Å². The van der Waals surface area contributed by atoms with Crippen LogP contribution in [0.3, 0.4) is 0 Å². The van der Waals surface area contributed by atoms with E-state index >= 15 is 0 Å². The number of carbonyl (C=O) groups excluding carboxylic acids is 1. The lowest BCUT2D eigenvalue weighted by Gasteiger charge is -2.22. The molecule has 1 aromatic heterocycles. The maximum atomic E-state index is 12.1. The number of hydrogen-bond acceptors (Lipinski definition) is 5. The van der Waals surface area contributed by atoms with Gasteiger partial charge in [-0.3, -0.25) is 4.79 Å². The molecule has 0 spiro atoms. The minimum Gasteiger partial charge on any atom is -0.342 e. The molecule has 1 rings (SSSR count). The van der Waals surface area contributed by atoms with Crippen molar-refractivity contribution in [3.63, 3.8) is 0 Å². The molecule has 0 aliphatic carbocycles. The van der Waals surface area contributed by atoms with Gasteiger partial charge in [0, 0.05) is 13.1 Å². The highest BCUT2D eigenvalue weighted by molar-refractivity contribution is 8.00. The van der Waals surface area contributed by atoms with E-state index in [-0.39, 0.29) is 17.2 Å². The molecule has 1 aromatic rings. The van der Waals surface area contributed by atoms with Crippen LogP contribution in [-0.4, -0.2) is 49.4 Å². The Balaban J connectivity index is 2.72. The molecule has 1 amide bonds. The summed E-state index contributed by atoms with van der Waals surface area (Å²) < 4.78 is 1.73. The number of tetrazole rings is 1. The van der Waals surface area contributed by atoms with Gasteiger partial charge in [-0.2, -0.15) is 0 Å². The molecule has 0 N–H and O–H groups in total. The minimum atomic E-state index is -0.173. The molecule has 18 heavy (non-hydrogen) atoms. The van der Waals surface area contributed by atoms with Gasteiger partial charge in [-0.1, -0.05) is 11.8 Å². The number of aromatic nitrogens is 4. The fourth-order valence-electron chi connectivity index (χ4n) is 1.59. The van der Waals surface area contributed by atoms with Gasteiger partial charge in [0.05, 0.1) is 11.3 Å². The molecule has 1 heterocycles. The van der Waals surface area contributed by atoms with Gasteiger partial charge in [0.1, 0.15) is 0 Å². The number of rotatable bonds is 6. The molecule has 0 saturated carbocycles. The highest BCUT2D eigenvalue weighted by Crippen LogP contribution is 2.23. The van der Waals surface area contributed by atoms with Crippen LogP contribution in [0.15, 0.2) is 5.16 Å². The molecule has 0 aliphatic rings. The molecule has 1 atom stereocenters. The third-order valence-corrected chi connectivity index (χ3v) is 3.69. The first kappa shape index (κ1) is 14.9. The second-order valence-corrected chi connectivity index (χ2v) is 5.58. The summed E-state index contributed by atoms with van der Waals surface area (Å²) in [6.45, 7) is 11.3. The van der Waals surface area contributed by atoms with E-state index in [4.69, 9.17) is 0 Å². The molecule has 102 valence electrons. The smallest absolute Gasteiger partial charge is 0.235 e. The van der Waals surface area contributed by atoms with Crippen molar-refractivity contribution in [1.29, 1.82) is 0 Å². The summed E-state index contributed by atoms with van der Waals surface area (Å²) in [6.07, 6.45) is 0. The third kappa shape index (κ3) is 3.44. The summed E-state index contributed by atoms with van der Waals surface area (Å²) in [7, 11) is 0. The van der Waals surface area contributed by atoms with Crippen LogP contribution in [0.2, 0.25) is 0 Å². The summed E-state index contributed by atoms with van der Waals surface area (Å²) in [5.41, 5.74) is 0. The zero-order chi connectivity index (χ0) is 13.7. The number of hydrogen-bond donors (Lipinski definition) is 0. The van der Waals surface area contributed by atoms with Crippen molar-refractivity contribution in [1.82, 2.24) is 25.1 Å². The number of nitrogens with zero attached hydrogens (tertiary/aromatic N) is 5. The zero-order valence-electron chi connectivity index (χ0n) is 11.6. The predicted molar refractivity (Wildman–Crippen MR) is 71.4 cm³/mol. The molecule has 0 aliphatic heterocycles. The lowest BCUT2D eigenvalue weighted by atomic mass is 10.4.